The highest BCUT2D eigenvalue weighted by molar-refractivity contribution is 5.90. The monoisotopic (exact) mass is 327 g/mol. The van der Waals surface area contributed by atoms with Crippen LogP contribution in [-0.4, -0.2) is 17.5 Å². The van der Waals surface area contributed by atoms with Crippen molar-refractivity contribution in [2.45, 2.75) is 33.6 Å². The molecule has 1 heterocycles. The molecule has 2 rings (SSSR count). The van der Waals surface area contributed by atoms with Gasteiger partial charge in [-0.25, -0.2) is 4.98 Å². The SMILES string of the molecule is Cc1cccnc1NC(=O)CCc1ccc(OCC(C)C)c(N)c1. The molecule has 0 bridgehead atoms. The summed E-state index contributed by atoms with van der Waals surface area (Å²) in [4.78, 5) is 16.2. The molecule has 0 radical (unpaired) electrons. The average molecular weight is 327 g/mol. The summed E-state index contributed by atoms with van der Waals surface area (Å²) in [5, 5.41) is 2.83. The molecule has 0 saturated carbocycles. The molecule has 0 aliphatic heterocycles. The number of amides is 1. The number of ether oxygens (including phenoxy) is 1. The van der Waals surface area contributed by atoms with Crippen LogP contribution < -0.4 is 15.8 Å². The third kappa shape index (κ3) is 5.26. The Morgan fingerprint density at radius 2 is 2.12 bits per heavy atom. The molecule has 5 heteroatoms. The number of nitrogens with two attached hydrogens (primary N) is 1. The van der Waals surface area contributed by atoms with E-state index in [1.807, 2.05) is 37.3 Å². The fourth-order valence-electron chi connectivity index (χ4n) is 2.21. The molecule has 0 saturated heterocycles. The van der Waals surface area contributed by atoms with E-state index in [1.54, 1.807) is 6.20 Å². The minimum atomic E-state index is -0.0597. The van der Waals surface area contributed by atoms with Crippen LogP contribution in [0.15, 0.2) is 36.5 Å². The molecule has 0 unspecified atom stereocenters. The maximum Gasteiger partial charge on any atom is 0.225 e. The Hall–Kier alpha value is -2.56. The molecule has 1 aromatic heterocycles. The van der Waals surface area contributed by atoms with Crippen molar-refractivity contribution in [2.75, 3.05) is 17.7 Å². The first kappa shape index (κ1) is 17.8. The molecular weight excluding hydrogens is 302 g/mol. The van der Waals surface area contributed by atoms with Gasteiger partial charge in [0.15, 0.2) is 0 Å². The molecule has 2 aromatic rings. The van der Waals surface area contributed by atoms with Crippen molar-refractivity contribution < 1.29 is 9.53 Å². The van der Waals surface area contributed by atoms with Crippen LogP contribution in [0.4, 0.5) is 11.5 Å². The zero-order valence-electron chi connectivity index (χ0n) is 14.5. The fraction of sp³-hybridized carbons (Fsp3) is 0.368. The minimum absolute atomic E-state index is 0.0597. The molecule has 128 valence electrons. The van der Waals surface area contributed by atoms with E-state index >= 15 is 0 Å². The Labute approximate surface area is 143 Å². The van der Waals surface area contributed by atoms with Crippen LogP contribution in [-0.2, 0) is 11.2 Å². The zero-order chi connectivity index (χ0) is 17.5. The van der Waals surface area contributed by atoms with E-state index in [0.717, 1.165) is 11.1 Å². The van der Waals surface area contributed by atoms with Crippen molar-refractivity contribution in [2.24, 2.45) is 5.92 Å². The molecule has 1 aromatic carbocycles. The van der Waals surface area contributed by atoms with Crippen LogP contribution in [0.5, 0.6) is 5.75 Å². The first-order valence-corrected chi connectivity index (χ1v) is 8.18. The smallest absolute Gasteiger partial charge is 0.225 e. The lowest BCUT2D eigenvalue weighted by atomic mass is 10.1. The first-order valence-electron chi connectivity index (χ1n) is 8.18. The summed E-state index contributed by atoms with van der Waals surface area (Å²) in [7, 11) is 0. The van der Waals surface area contributed by atoms with E-state index in [2.05, 4.69) is 24.1 Å². The number of pyridine rings is 1. The van der Waals surface area contributed by atoms with Gasteiger partial charge in [0.05, 0.1) is 12.3 Å². The van der Waals surface area contributed by atoms with Gasteiger partial charge < -0.3 is 15.8 Å². The lowest BCUT2D eigenvalue weighted by Gasteiger charge is -2.12. The van der Waals surface area contributed by atoms with E-state index in [1.165, 1.54) is 0 Å². The molecule has 0 aliphatic rings. The van der Waals surface area contributed by atoms with Crippen LogP contribution >= 0.6 is 0 Å². The molecule has 1 amide bonds. The van der Waals surface area contributed by atoms with Gasteiger partial charge >= 0.3 is 0 Å². The Kier molecular flexibility index (Phi) is 6.18. The molecular formula is C19H25N3O2. The third-order valence-electron chi connectivity index (χ3n) is 3.55. The van der Waals surface area contributed by atoms with Crippen LogP contribution in [0.1, 0.15) is 31.4 Å². The molecule has 0 fully saturated rings. The second-order valence-corrected chi connectivity index (χ2v) is 6.29. The number of anilines is 2. The van der Waals surface area contributed by atoms with Crippen molar-refractivity contribution in [1.82, 2.24) is 4.98 Å². The van der Waals surface area contributed by atoms with Gasteiger partial charge in [-0.1, -0.05) is 26.0 Å². The van der Waals surface area contributed by atoms with E-state index in [0.29, 0.717) is 42.6 Å². The number of nitrogens with zero attached hydrogens (tertiary/aromatic N) is 1. The molecule has 5 nitrogen and oxygen atoms in total. The maximum atomic E-state index is 12.1. The Morgan fingerprint density at radius 1 is 1.33 bits per heavy atom. The number of nitrogens with one attached hydrogen (secondary N) is 1. The standard InChI is InChI=1S/C19H25N3O2/c1-13(2)12-24-17-8-6-15(11-16(17)20)7-9-18(23)22-19-14(3)5-4-10-21-19/h4-6,8,10-11,13H,7,9,12,20H2,1-3H3,(H,21,22,23). The van der Waals surface area contributed by atoms with E-state index in [-0.39, 0.29) is 5.91 Å². The number of carbonyl (C=O) groups excluding carboxylic acids is 1. The molecule has 3 N–H and O–H groups in total. The van der Waals surface area contributed by atoms with Crippen LogP contribution in [0.25, 0.3) is 0 Å². The van der Waals surface area contributed by atoms with Gasteiger partial charge in [0.2, 0.25) is 5.91 Å². The Morgan fingerprint density at radius 3 is 2.79 bits per heavy atom. The van der Waals surface area contributed by atoms with Crippen LogP contribution in [0.2, 0.25) is 0 Å². The zero-order valence-corrected chi connectivity index (χ0v) is 14.5. The molecule has 0 atom stereocenters. The fourth-order valence-corrected chi connectivity index (χ4v) is 2.21. The van der Waals surface area contributed by atoms with Gasteiger partial charge in [-0.05, 0) is 48.6 Å². The quantitative estimate of drug-likeness (QED) is 0.762. The Bertz CT molecular complexity index is 699. The number of carbonyl (C=O) groups is 1. The summed E-state index contributed by atoms with van der Waals surface area (Å²) >= 11 is 0. The second-order valence-electron chi connectivity index (χ2n) is 6.29. The summed E-state index contributed by atoms with van der Waals surface area (Å²) < 4.78 is 5.66. The number of aryl methyl sites for hydroxylation is 2. The largest absolute Gasteiger partial charge is 0.491 e. The van der Waals surface area contributed by atoms with Crippen molar-refractivity contribution in [1.29, 1.82) is 0 Å². The summed E-state index contributed by atoms with van der Waals surface area (Å²) in [6.45, 7) is 6.73. The number of hydrogen-bond acceptors (Lipinski definition) is 4. The van der Waals surface area contributed by atoms with Crippen molar-refractivity contribution in [3.05, 3.63) is 47.7 Å². The number of hydrogen-bond donors (Lipinski definition) is 2. The maximum absolute atomic E-state index is 12.1. The molecule has 0 spiro atoms. The third-order valence-corrected chi connectivity index (χ3v) is 3.55. The summed E-state index contributed by atoms with van der Waals surface area (Å²) in [5.74, 6) is 1.69. The lowest BCUT2D eigenvalue weighted by molar-refractivity contribution is -0.116. The van der Waals surface area contributed by atoms with Crippen LogP contribution in [0.3, 0.4) is 0 Å². The second kappa shape index (κ2) is 8.34. The topological polar surface area (TPSA) is 77.2 Å². The average Bonchev–Trinajstić information content (AvgIpc) is 2.54. The number of rotatable bonds is 7. The highest BCUT2D eigenvalue weighted by atomic mass is 16.5. The van der Waals surface area contributed by atoms with Crippen molar-refractivity contribution in [3.63, 3.8) is 0 Å². The van der Waals surface area contributed by atoms with Gasteiger partial charge in [-0.3, -0.25) is 4.79 Å². The van der Waals surface area contributed by atoms with Crippen molar-refractivity contribution >= 4 is 17.4 Å². The summed E-state index contributed by atoms with van der Waals surface area (Å²) in [6, 6.07) is 9.45. The van der Waals surface area contributed by atoms with Gasteiger partial charge in [0, 0.05) is 12.6 Å². The lowest BCUT2D eigenvalue weighted by Crippen LogP contribution is -2.14. The first-order chi connectivity index (χ1) is 11.5. The normalized spacial score (nSPS) is 10.7. The van der Waals surface area contributed by atoms with E-state index in [4.69, 9.17) is 10.5 Å². The predicted molar refractivity (Wildman–Crippen MR) is 97.1 cm³/mol. The van der Waals surface area contributed by atoms with Crippen molar-refractivity contribution in [3.8, 4) is 5.75 Å². The van der Waals surface area contributed by atoms with Gasteiger partial charge in [-0.2, -0.15) is 0 Å². The highest BCUT2D eigenvalue weighted by Crippen LogP contribution is 2.24. The molecule has 24 heavy (non-hydrogen) atoms. The van der Waals surface area contributed by atoms with Gasteiger partial charge in [0.25, 0.3) is 0 Å². The predicted octanol–water partition coefficient (Wildman–Crippen LogP) is 3.58. The number of benzene rings is 1. The Balaban J connectivity index is 1.88. The number of aromatic nitrogens is 1. The van der Waals surface area contributed by atoms with E-state index < -0.39 is 0 Å². The van der Waals surface area contributed by atoms with Gasteiger partial charge in [0.1, 0.15) is 11.6 Å². The molecule has 0 aliphatic carbocycles. The minimum Gasteiger partial charge on any atom is -0.491 e. The highest BCUT2D eigenvalue weighted by Gasteiger charge is 2.08. The van der Waals surface area contributed by atoms with E-state index in [9.17, 15) is 4.79 Å². The summed E-state index contributed by atoms with van der Waals surface area (Å²) in [5.41, 5.74) is 8.58. The summed E-state index contributed by atoms with van der Waals surface area (Å²) in [6.07, 6.45) is 2.66. The number of nitrogen functional groups attached to an aromatic ring is 1. The van der Waals surface area contributed by atoms with Gasteiger partial charge in [-0.15, -0.1) is 0 Å². The van der Waals surface area contributed by atoms with Crippen LogP contribution in [0, 0.1) is 12.8 Å².